The van der Waals surface area contributed by atoms with E-state index in [2.05, 4.69) is 0 Å². The minimum absolute atomic E-state index is 0.0954. The average molecular weight is 366 g/mol. The maximum atomic E-state index is 12.6. The monoisotopic (exact) mass is 366 g/mol. The number of aryl methyl sites for hydroxylation is 3. The zero-order chi connectivity index (χ0) is 19.7. The van der Waals surface area contributed by atoms with E-state index >= 15 is 0 Å². The Morgan fingerprint density at radius 2 is 1.74 bits per heavy atom. The normalized spacial score (nSPS) is 12.0. The molecular formula is C22H22O5. The molecule has 0 amide bonds. The fraction of sp³-hybridized carbons (Fsp3) is 0.273. The number of Topliss-reactive ketones (excluding diaryl/α,β-unsaturated/α-hetero) is 1. The van der Waals surface area contributed by atoms with E-state index in [0.717, 1.165) is 16.5 Å². The Bertz CT molecular complexity index is 1030. The Hall–Kier alpha value is -3.08. The van der Waals surface area contributed by atoms with Crippen LogP contribution in [0.5, 0.6) is 5.75 Å². The van der Waals surface area contributed by atoms with Crippen LogP contribution in [-0.4, -0.2) is 25.0 Å². The fourth-order valence-electron chi connectivity index (χ4n) is 2.92. The molecule has 0 saturated carbocycles. The molecule has 27 heavy (non-hydrogen) atoms. The highest BCUT2D eigenvalue weighted by Crippen LogP contribution is 2.29. The summed E-state index contributed by atoms with van der Waals surface area (Å²) in [6.45, 7) is 7.26. The Morgan fingerprint density at radius 1 is 1.00 bits per heavy atom. The molecule has 1 atom stereocenters. The topological polar surface area (TPSA) is 65.7 Å². The molecule has 5 heteroatoms. The van der Waals surface area contributed by atoms with E-state index in [-0.39, 0.29) is 11.5 Å². The summed E-state index contributed by atoms with van der Waals surface area (Å²) in [5.74, 6) is -0.142. The molecule has 0 saturated heterocycles. The highest BCUT2D eigenvalue weighted by atomic mass is 16.6. The summed E-state index contributed by atoms with van der Waals surface area (Å²) >= 11 is 0. The van der Waals surface area contributed by atoms with Crippen LogP contribution in [0.25, 0.3) is 11.0 Å². The maximum Gasteiger partial charge on any atom is 0.375 e. The van der Waals surface area contributed by atoms with Crippen molar-refractivity contribution in [3.8, 4) is 5.75 Å². The SMILES string of the molecule is COc1ccc2oc(C(=O)O[C@H](C)C(=O)c3ccc(C)c(C)c3)c(C)c2c1. The molecule has 0 N–H and O–H groups in total. The number of hydrogen-bond donors (Lipinski definition) is 0. The first-order valence-corrected chi connectivity index (χ1v) is 8.71. The molecule has 140 valence electrons. The number of ether oxygens (including phenoxy) is 2. The van der Waals surface area contributed by atoms with Gasteiger partial charge < -0.3 is 13.9 Å². The minimum Gasteiger partial charge on any atom is -0.497 e. The maximum absolute atomic E-state index is 12.6. The van der Waals surface area contributed by atoms with Gasteiger partial charge in [0.15, 0.2) is 6.10 Å². The van der Waals surface area contributed by atoms with E-state index in [0.29, 0.717) is 22.5 Å². The lowest BCUT2D eigenvalue weighted by atomic mass is 10.0. The van der Waals surface area contributed by atoms with Crippen molar-refractivity contribution in [2.24, 2.45) is 0 Å². The highest BCUT2D eigenvalue weighted by Gasteiger charge is 2.25. The number of carbonyl (C=O) groups is 2. The molecule has 0 fully saturated rings. The van der Waals surface area contributed by atoms with Gasteiger partial charge in [-0.1, -0.05) is 12.1 Å². The van der Waals surface area contributed by atoms with Gasteiger partial charge in [0, 0.05) is 16.5 Å². The lowest BCUT2D eigenvalue weighted by Gasteiger charge is -2.12. The Labute approximate surface area is 157 Å². The number of methoxy groups -OCH3 is 1. The molecule has 0 aliphatic rings. The molecule has 1 heterocycles. The third kappa shape index (κ3) is 3.58. The molecule has 1 aromatic heterocycles. The number of benzene rings is 2. The number of fused-ring (bicyclic) bond motifs is 1. The summed E-state index contributed by atoms with van der Waals surface area (Å²) in [6.07, 6.45) is -0.915. The number of hydrogen-bond acceptors (Lipinski definition) is 5. The van der Waals surface area contributed by atoms with Gasteiger partial charge in [0.1, 0.15) is 11.3 Å². The molecule has 3 rings (SSSR count). The second-order valence-corrected chi connectivity index (χ2v) is 6.63. The molecular weight excluding hydrogens is 344 g/mol. The van der Waals surface area contributed by atoms with Gasteiger partial charge in [-0.2, -0.15) is 0 Å². The van der Waals surface area contributed by atoms with E-state index in [9.17, 15) is 9.59 Å². The third-order valence-electron chi connectivity index (χ3n) is 4.77. The number of ketones is 1. The van der Waals surface area contributed by atoms with Crippen molar-refractivity contribution in [1.82, 2.24) is 0 Å². The van der Waals surface area contributed by atoms with Gasteiger partial charge in [0.25, 0.3) is 0 Å². The molecule has 3 aromatic rings. The molecule has 5 nitrogen and oxygen atoms in total. The van der Waals surface area contributed by atoms with Crippen LogP contribution in [0.15, 0.2) is 40.8 Å². The summed E-state index contributed by atoms with van der Waals surface area (Å²) in [6, 6.07) is 10.7. The van der Waals surface area contributed by atoms with Gasteiger partial charge in [-0.25, -0.2) is 4.79 Å². The van der Waals surface area contributed by atoms with Crippen LogP contribution in [0.4, 0.5) is 0 Å². The smallest absolute Gasteiger partial charge is 0.375 e. The van der Waals surface area contributed by atoms with E-state index in [4.69, 9.17) is 13.9 Å². The summed E-state index contributed by atoms with van der Waals surface area (Å²) < 4.78 is 16.2. The molecule has 0 aliphatic carbocycles. The Balaban J connectivity index is 1.82. The van der Waals surface area contributed by atoms with Crippen LogP contribution in [0.2, 0.25) is 0 Å². The zero-order valence-electron chi connectivity index (χ0n) is 16.1. The van der Waals surface area contributed by atoms with Gasteiger partial charge >= 0.3 is 5.97 Å². The van der Waals surface area contributed by atoms with E-state index in [1.54, 1.807) is 51.3 Å². The van der Waals surface area contributed by atoms with E-state index in [1.165, 1.54) is 0 Å². The number of carbonyl (C=O) groups excluding carboxylic acids is 2. The van der Waals surface area contributed by atoms with Crippen LogP contribution in [0.1, 0.15) is 44.5 Å². The van der Waals surface area contributed by atoms with Crippen molar-refractivity contribution < 1.29 is 23.5 Å². The van der Waals surface area contributed by atoms with Gasteiger partial charge in [-0.3, -0.25) is 4.79 Å². The van der Waals surface area contributed by atoms with Crippen LogP contribution in [-0.2, 0) is 4.74 Å². The Kier molecular flexibility index (Phi) is 5.04. The first-order valence-electron chi connectivity index (χ1n) is 8.71. The standard InChI is InChI=1S/C22H22O5/c1-12-6-7-16(10-13(12)2)20(23)15(4)26-22(24)21-14(3)18-11-17(25-5)8-9-19(18)27-21/h6-11,15H,1-5H3/t15-/m1/s1. The summed E-state index contributed by atoms with van der Waals surface area (Å²) in [5.41, 5.74) is 3.85. The van der Waals surface area contributed by atoms with Crippen molar-refractivity contribution in [3.05, 3.63) is 64.4 Å². The van der Waals surface area contributed by atoms with Crippen molar-refractivity contribution >= 4 is 22.7 Å². The summed E-state index contributed by atoms with van der Waals surface area (Å²) in [4.78, 5) is 25.1. The molecule has 0 aliphatic heterocycles. The van der Waals surface area contributed by atoms with Crippen LogP contribution in [0, 0.1) is 20.8 Å². The Morgan fingerprint density at radius 3 is 2.41 bits per heavy atom. The molecule has 0 unspecified atom stereocenters. The average Bonchev–Trinajstić information content (AvgIpc) is 2.99. The zero-order valence-corrected chi connectivity index (χ0v) is 16.1. The molecule has 2 aromatic carbocycles. The van der Waals surface area contributed by atoms with Gasteiger partial charge in [-0.15, -0.1) is 0 Å². The first-order chi connectivity index (χ1) is 12.8. The first kappa shape index (κ1) is 18.7. The predicted octanol–water partition coefficient (Wildman–Crippen LogP) is 4.79. The minimum atomic E-state index is -0.915. The van der Waals surface area contributed by atoms with Gasteiger partial charge in [0.2, 0.25) is 11.5 Å². The summed E-state index contributed by atoms with van der Waals surface area (Å²) in [5, 5.41) is 0.773. The lowest BCUT2D eigenvalue weighted by Crippen LogP contribution is -2.24. The van der Waals surface area contributed by atoms with Crippen molar-refractivity contribution in [2.45, 2.75) is 33.8 Å². The van der Waals surface area contributed by atoms with Gasteiger partial charge in [-0.05, 0) is 63.1 Å². The van der Waals surface area contributed by atoms with E-state index in [1.807, 2.05) is 19.9 Å². The summed E-state index contributed by atoms with van der Waals surface area (Å²) in [7, 11) is 1.58. The number of esters is 1. The van der Waals surface area contributed by atoms with E-state index < -0.39 is 12.1 Å². The van der Waals surface area contributed by atoms with Crippen LogP contribution in [0.3, 0.4) is 0 Å². The van der Waals surface area contributed by atoms with Crippen molar-refractivity contribution in [3.63, 3.8) is 0 Å². The molecule has 0 bridgehead atoms. The second-order valence-electron chi connectivity index (χ2n) is 6.63. The van der Waals surface area contributed by atoms with Crippen LogP contribution >= 0.6 is 0 Å². The van der Waals surface area contributed by atoms with Crippen LogP contribution < -0.4 is 4.74 Å². The number of rotatable bonds is 5. The molecule has 0 radical (unpaired) electrons. The third-order valence-corrected chi connectivity index (χ3v) is 4.77. The fourth-order valence-corrected chi connectivity index (χ4v) is 2.92. The van der Waals surface area contributed by atoms with Crippen molar-refractivity contribution in [2.75, 3.05) is 7.11 Å². The quantitative estimate of drug-likeness (QED) is 0.479. The van der Waals surface area contributed by atoms with Gasteiger partial charge in [0.05, 0.1) is 7.11 Å². The lowest BCUT2D eigenvalue weighted by molar-refractivity contribution is 0.0290. The number of furan rings is 1. The predicted molar refractivity (Wildman–Crippen MR) is 103 cm³/mol. The second kappa shape index (κ2) is 7.27. The highest BCUT2D eigenvalue weighted by molar-refractivity contribution is 6.02. The molecule has 0 spiro atoms. The largest absolute Gasteiger partial charge is 0.497 e. The van der Waals surface area contributed by atoms with Crippen molar-refractivity contribution in [1.29, 1.82) is 0 Å².